The predicted molar refractivity (Wildman–Crippen MR) is 53.6 cm³/mol. The van der Waals surface area contributed by atoms with E-state index >= 15 is 0 Å². The van der Waals surface area contributed by atoms with E-state index in [1.807, 2.05) is 0 Å². The van der Waals surface area contributed by atoms with Gasteiger partial charge in [0.25, 0.3) is 0 Å². The van der Waals surface area contributed by atoms with Crippen LogP contribution in [-0.4, -0.2) is 25.2 Å². The summed E-state index contributed by atoms with van der Waals surface area (Å²) < 4.78 is 0. The molecule has 1 aliphatic heterocycles. The first-order valence-corrected chi connectivity index (χ1v) is 5.92. The second kappa shape index (κ2) is 3.25. The molecule has 0 spiro atoms. The van der Waals surface area contributed by atoms with Gasteiger partial charge in [-0.15, -0.1) is 0 Å². The van der Waals surface area contributed by atoms with Crippen LogP contribution in [0.15, 0.2) is 0 Å². The third-order valence-corrected chi connectivity index (χ3v) is 4.13. The van der Waals surface area contributed by atoms with Crippen LogP contribution in [0.5, 0.6) is 0 Å². The van der Waals surface area contributed by atoms with E-state index in [-0.39, 0.29) is 0 Å². The van der Waals surface area contributed by atoms with Gasteiger partial charge in [0.2, 0.25) is 0 Å². The zero-order valence-corrected chi connectivity index (χ0v) is 8.26. The summed E-state index contributed by atoms with van der Waals surface area (Å²) in [5.41, 5.74) is 0. The van der Waals surface area contributed by atoms with Crippen LogP contribution in [-0.2, 0) is 0 Å². The van der Waals surface area contributed by atoms with Crippen molar-refractivity contribution in [3.63, 3.8) is 0 Å². The maximum atomic E-state index is 3.85. The molecule has 2 heteroatoms. The number of hydrogen-bond donors (Lipinski definition) is 2. The first-order valence-electron chi connectivity index (χ1n) is 5.92. The number of fused-ring (bicyclic) bond motifs is 1. The van der Waals surface area contributed by atoms with Gasteiger partial charge in [0.05, 0.1) is 0 Å². The molecule has 0 aromatic carbocycles. The molecule has 3 aliphatic rings. The molecule has 3 fully saturated rings. The zero-order chi connectivity index (χ0) is 8.67. The third kappa shape index (κ3) is 1.50. The lowest BCUT2D eigenvalue weighted by Gasteiger charge is -2.23. The van der Waals surface area contributed by atoms with Crippen molar-refractivity contribution in [3.8, 4) is 0 Å². The first kappa shape index (κ1) is 8.25. The van der Waals surface area contributed by atoms with Crippen molar-refractivity contribution >= 4 is 0 Å². The van der Waals surface area contributed by atoms with Crippen LogP contribution >= 0.6 is 0 Å². The SMILES string of the molecule is C1CCC(NC2C3CNCC32)CC1. The molecule has 0 bridgehead atoms. The van der Waals surface area contributed by atoms with E-state index in [1.54, 1.807) is 0 Å². The standard InChI is InChI=1S/C11H20N2/c1-2-4-8(5-3-1)13-11-9-6-12-7-10(9)11/h8-13H,1-7H2. The van der Waals surface area contributed by atoms with Crippen molar-refractivity contribution in [2.75, 3.05) is 13.1 Å². The zero-order valence-electron chi connectivity index (χ0n) is 8.26. The Morgan fingerprint density at radius 2 is 1.62 bits per heavy atom. The van der Waals surface area contributed by atoms with Gasteiger partial charge in [-0.05, 0) is 37.8 Å². The molecular weight excluding hydrogens is 160 g/mol. The third-order valence-electron chi connectivity index (χ3n) is 4.13. The molecule has 74 valence electrons. The van der Waals surface area contributed by atoms with E-state index in [0.717, 1.165) is 23.9 Å². The Labute approximate surface area is 80.5 Å². The Morgan fingerprint density at radius 3 is 2.31 bits per heavy atom. The highest BCUT2D eigenvalue weighted by Crippen LogP contribution is 2.42. The Morgan fingerprint density at radius 1 is 0.923 bits per heavy atom. The second-order valence-corrected chi connectivity index (χ2v) is 5.01. The van der Waals surface area contributed by atoms with Crippen LogP contribution in [0.2, 0.25) is 0 Å². The van der Waals surface area contributed by atoms with Gasteiger partial charge < -0.3 is 10.6 Å². The quantitative estimate of drug-likeness (QED) is 0.665. The van der Waals surface area contributed by atoms with E-state index in [1.165, 1.54) is 45.2 Å². The Bertz CT molecular complexity index is 177. The van der Waals surface area contributed by atoms with E-state index in [4.69, 9.17) is 0 Å². The smallest absolute Gasteiger partial charge is 0.0158 e. The van der Waals surface area contributed by atoms with Gasteiger partial charge >= 0.3 is 0 Å². The molecule has 2 aliphatic carbocycles. The Kier molecular flexibility index (Phi) is 2.06. The van der Waals surface area contributed by atoms with E-state index < -0.39 is 0 Å². The number of piperidine rings is 1. The van der Waals surface area contributed by atoms with Gasteiger partial charge in [0.1, 0.15) is 0 Å². The summed E-state index contributed by atoms with van der Waals surface area (Å²) in [6.07, 6.45) is 7.25. The molecule has 0 aromatic heterocycles. The van der Waals surface area contributed by atoms with Gasteiger partial charge in [-0.3, -0.25) is 0 Å². The highest BCUT2D eigenvalue weighted by atomic mass is 15.1. The molecule has 1 heterocycles. The highest BCUT2D eigenvalue weighted by molar-refractivity contribution is 5.09. The van der Waals surface area contributed by atoms with Crippen LogP contribution in [0.1, 0.15) is 32.1 Å². The average Bonchev–Trinajstić information content (AvgIpc) is 2.65. The van der Waals surface area contributed by atoms with Crippen molar-refractivity contribution in [1.82, 2.24) is 10.6 Å². The molecule has 1 saturated heterocycles. The van der Waals surface area contributed by atoms with Crippen molar-refractivity contribution in [3.05, 3.63) is 0 Å². The van der Waals surface area contributed by atoms with Gasteiger partial charge in [0, 0.05) is 12.1 Å². The molecule has 13 heavy (non-hydrogen) atoms. The monoisotopic (exact) mass is 180 g/mol. The summed E-state index contributed by atoms with van der Waals surface area (Å²) >= 11 is 0. The maximum Gasteiger partial charge on any atom is 0.0158 e. The number of nitrogens with one attached hydrogen (secondary N) is 2. The lowest BCUT2D eigenvalue weighted by Crippen LogP contribution is -2.37. The van der Waals surface area contributed by atoms with Crippen molar-refractivity contribution < 1.29 is 0 Å². The predicted octanol–water partition coefficient (Wildman–Crippen LogP) is 1.13. The summed E-state index contributed by atoms with van der Waals surface area (Å²) in [6, 6.07) is 1.76. The minimum atomic E-state index is 0.865. The normalized spacial score (nSPS) is 44.8. The van der Waals surface area contributed by atoms with Crippen LogP contribution < -0.4 is 10.6 Å². The molecule has 0 amide bonds. The maximum absolute atomic E-state index is 3.85. The summed E-state index contributed by atoms with van der Waals surface area (Å²) in [5, 5.41) is 7.30. The summed E-state index contributed by atoms with van der Waals surface area (Å²) in [4.78, 5) is 0. The average molecular weight is 180 g/mol. The molecule has 3 rings (SSSR count). The summed E-state index contributed by atoms with van der Waals surface area (Å²) in [6.45, 7) is 2.55. The van der Waals surface area contributed by atoms with Gasteiger partial charge in [-0.25, -0.2) is 0 Å². The molecule has 2 N–H and O–H groups in total. The summed E-state index contributed by atoms with van der Waals surface area (Å²) in [5.74, 6) is 1.98. The van der Waals surface area contributed by atoms with E-state index in [2.05, 4.69) is 10.6 Å². The minimum absolute atomic E-state index is 0.865. The summed E-state index contributed by atoms with van der Waals surface area (Å²) in [7, 11) is 0. The molecule has 2 saturated carbocycles. The lowest BCUT2D eigenvalue weighted by atomic mass is 9.95. The van der Waals surface area contributed by atoms with Crippen LogP contribution in [0.4, 0.5) is 0 Å². The molecule has 0 aromatic rings. The Hall–Kier alpha value is -0.0800. The Balaban J connectivity index is 1.47. The lowest BCUT2D eigenvalue weighted by molar-refractivity contribution is 0.357. The fraction of sp³-hybridized carbons (Fsp3) is 1.00. The van der Waals surface area contributed by atoms with Gasteiger partial charge in [0.15, 0.2) is 0 Å². The molecule has 2 nitrogen and oxygen atoms in total. The fourth-order valence-corrected chi connectivity index (χ4v) is 3.21. The topological polar surface area (TPSA) is 24.1 Å². The van der Waals surface area contributed by atoms with Crippen molar-refractivity contribution in [2.24, 2.45) is 11.8 Å². The van der Waals surface area contributed by atoms with Crippen LogP contribution in [0, 0.1) is 11.8 Å². The van der Waals surface area contributed by atoms with Crippen molar-refractivity contribution in [1.29, 1.82) is 0 Å². The van der Waals surface area contributed by atoms with Gasteiger partial charge in [-0.2, -0.15) is 0 Å². The first-order chi connectivity index (χ1) is 6.45. The largest absolute Gasteiger partial charge is 0.316 e. The van der Waals surface area contributed by atoms with Crippen LogP contribution in [0.3, 0.4) is 0 Å². The molecular formula is C11H20N2. The molecule has 2 atom stereocenters. The van der Waals surface area contributed by atoms with Crippen LogP contribution in [0.25, 0.3) is 0 Å². The van der Waals surface area contributed by atoms with Gasteiger partial charge in [-0.1, -0.05) is 19.3 Å². The number of rotatable bonds is 2. The van der Waals surface area contributed by atoms with E-state index in [9.17, 15) is 0 Å². The number of hydrogen-bond acceptors (Lipinski definition) is 2. The van der Waals surface area contributed by atoms with Crippen molar-refractivity contribution in [2.45, 2.75) is 44.2 Å². The minimum Gasteiger partial charge on any atom is -0.316 e. The molecule has 0 radical (unpaired) electrons. The van der Waals surface area contributed by atoms with E-state index in [0.29, 0.717) is 0 Å². The highest BCUT2D eigenvalue weighted by Gasteiger charge is 2.53. The fourth-order valence-electron chi connectivity index (χ4n) is 3.21. The molecule has 2 unspecified atom stereocenters. The second-order valence-electron chi connectivity index (χ2n) is 5.01.